The zero-order valence-corrected chi connectivity index (χ0v) is 17.3. The number of amides is 2. The highest BCUT2D eigenvalue weighted by Gasteiger charge is 2.88. The van der Waals surface area contributed by atoms with Crippen LogP contribution in [0.15, 0.2) is 17.2 Å². The van der Waals surface area contributed by atoms with E-state index in [2.05, 4.69) is 19.8 Å². The van der Waals surface area contributed by atoms with Gasteiger partial charge in [0.25, 0.3) is 11.5 Å². The molecule has 2 saturated heterocycles. The smallest absolute Gasteiger partial charge is 0.279 e. The number of piperidine rings is 1. The summed E-state index contributed by atoms with van der Waals surface area (Å²) in [6.07, 6.45) is 10.1. The van der Waals surface area contributed by atoms with Gasteiger partial charge in [-0.3, -0.25) is 19.3 Å². The van der Waals surface area contributed by atoms with Crippen LogP contribution in [0.25, 0.3) is 0 Å². The fraction of sp³-hybridized carbons (Fsp3) is 0.727. The average Bonchev–Trinajstić information content (AvgIpc) is 3.71. The molecule has 2 aliphatic heterocycles. The molecule has 8 nitrogen and oxygen atoms in total. The number of carbonyl (C=O) groups excluding carboxylic acids is 2. The van der Waals surface area contributed by atoms with Crippen LogP contribution in [0, 0.1) is 16.7 Å². The van der Waals surface area contributed by atoms with Gasteiger partial charge in [-0.25, -0.2) is 4.98 Å². The summed E-state index contributed by atoms with van der Waals surface area (Å²) in [7, 11) is 0. The first-order valence-electron chi connectivity index (χ1n) is 11.4. The summed E-state index contributed by atoms with van der Waals surface area (Å²) < 4.78 is 0. The van der Waals surface area contributed by atoms with E-state index in [0.29, 0.717) is 41.8 Å². The lowest BCUT2D eigenvalue weighted by Crippen LogP contribution is -2.55. The number of fused-ring (bicyclic) bond motifs is 1. The molecule has 5 aliphatic rings. The highest BCUT2D eigenvalue weighted by molar-refractivity contribution is 5.92. The molecule has 1 aromatic heterocycles. The van der Waals surface area contributed by atoms with E-state index in [9.17, 15) is 14.4 Å². The molecule has 3 heterocycles. The van der Waals surface area contributed by atoms with Crippen LogP contribution in [-0.2, 0) is 4.79 Å². The minimum atomic E-state index is -0.432. The number of hydrogen-bond donors (Lipinski definition) is 1. The Morgan fingerprint density at radius 1 is 0.933 bits per heavy atom. The molecule has 1 aromatic rings. The minimum Gasteiger partial charge on any atom is -0.342 e. The van der Waals surface area contributed by atoms with Crippen LogP contribution in [0.1, 0.15) is 49.0 Å². The van der Waals surface area contributed by atoms with Crippen molar-refractivity contribution in [3.8, 4) is 0 Å². The maximum Gasteiger partial charge on any atom is 0.279 e. The Bertz CT molecular complexity index is 916. The summed E-state index contributed by atoms with van der Waals surface area (Å²) in [5, 5.41) is 0. The Morgan fingerprint density at radius 2 is 1.57 bits per heavy atom. The van der Waals surface area contributed by atoms with Crippen LogP contribution in [0.2, 0.25) is 0 Å². The maximum absolute atomic E-state index is 13.1. The molecule has 0 radical (unpaired) electrons. The van der Waals surface area contributed by atoms with Gasteiger partial charge in [0.05, 0.1) is 5.92 Å². The molecule has 3 saturated carbocycles. The molecule has 2 amide bonds. The third-order valence-corrected chi connectivity index (χ3v) is 8.64. The van der Waals surface area contributed by atoms with E-state index in [1.54, 1.807) is 4.90 Å². The highest BCUT2D eigenvalue weighted by atomic mass is 16.2. The second-order valence-electron chi connectivity index (χ2n) is 9.90. The van der Waals surface area contributed by atoms with Gasteiger partial charge < -0.3 is 14.8 Å². The van der Waals surface area contributed by atoms with Crippen molar-refractivity contribution in [2.24, 2.45) is 16.7 Å². The van der Waals surface area contributed by atoms with E-state index in [1.165, 1.54) is 38.1 Å². The number of rotatable bonds is 3. The zero-order chi connectivity index (χ0) is 20.5. The monoisotopic (exact) mass is 411 g/mol. The first-order chi connectivity index (χ1) is 14.6. The van der Waals surface area contributed by atoms with Crippen molar-refractivity contribution >= 4 is 11.8 Å². The van der Waals surface area contributed by atoms with E-state index < -0.39 is 5.56 Å². The first kappa shape index (κ1) is 18.5. The number of H-pyrrole nitrogens is 1. The van der Waals surface area contributed by atoms with Gasteiger partial charge in [-0.2, -0.15) is 0 Å². The lowest BCUT2D eigenvalue weighted by Gasteiger charge is -2.42. The second-order valence-corrected chi connectivity index (χ2v) is 9.90. The summed E-state index contributed by atoms with van der Waals surface area (Å²) in [4.78, 5) is 50.3. The Kier molecular flexibility index (Phi) is 3.95. The highest BCUT2D eigenvalue weighted by Crippen LogP contribution is 2.92. The number of nitrogens with one attached hydrogen (secondary N) is 1. The Morgan fingerprint density at radius 3 is 2.13 bits per heavy atom. The van der Waals surface area contributed by atoms with Crippen LogP contribution >= 0.6 is 0 Å². The molecule has 8 heteroatoms. The quantitative estimate of drug-likeness (QED) is 0.791. The van der Waals surface area contributed by atoms with Crippen LogP contribution in [0.4, 0.5) is 0 Å². The fourth-order valence-corrected chi connectivity index (χ4v) is 6.63. The lowest BCUT2D eigenvalue weighted by atomic mass is 10.0. The van der Waals surface area contributed by atoms with Gasteiger partial charge in [-0.05, 0) is 49.4 Å². The molecular weight excluding hydrogens is 382 g/mol. The van der Waals surface area contributed by atoms with E-state index >= 15 is 0 Å². The van der Waals surface area contributed by atoms with E-state index in [-0.39, 0.29) is 11.6 Å². The Balaban J connectivity index is 1.01. The molecular formula is C22H29N5O3. The number of aromatic amines is 1. The number of carbonyl (C=O) groups is 2. The van der Waals surface area contributed by atoms with Gasteiger partial charge in [-0.1, -0.05) is 0 Å². The molecule has 0 unspecified atom stereocenters. The number of aromatic nitrogens is 2. The Labute approximate surface area is 175 Å². The molecule has 0 atom stereocenters. The van der Waals surface area contributed by atoms with Gasteiger partial charge in [0.1, 0.15) is 0 Å². The van der Waals surface area contributed by atoms with Crippen molar-refractivity contribution in [1.82, 2.24) is 24.7 Å². The molecule has 5 fully saturated rings. The largest absolute Gasteiger partial charge is 0.342 e. The van der Waals surface area contributed by atoms with Crippen molar-refractivity contribution in [2.45, 2.75) is 44.6 Å². The number of likely N-dealkylation sites (tertiary alicyclic amines) is 1. The van der Waals surface area contributed by atoms with Crippen LogP contribution in [0.3, 0.4) is 0 Å². The van der Waals surface area contributed by atoms with Crippen LogP contribution in [0.5, 0.6) is 0 Å². The maximum atomic E-state index is 13.1. The molecule has 30 heavy (non-hydrogen) atoms. The van der Waals surface area contributed by atoms with Crippen molar-refractivity contribution in [3.63, 3.8) is 0 Å². The lowest BCUT2D eigenvalue weighted by molar-refractivity contribution is -0.135. The molecule has 0 bridgehead atoms. The molecule has 3 aliphatic carbocycles. The SMILES string of the molecule is O=C(c1ncc[nH]c1=O)N1CCN(C2CCN(C(=O)C3C4(CC4)C34CC4)CC2)CC1. The van der Waals surface area contributed by atoms with Crippen LogP contribution in [-0.4, -0.2) is 81.8 Å². The van der Waals surface area contributed by atoms with Gasteiger partial charge in [0, 0.05) is 57.7 Å². The summed E-state index contributed by atoms with van der Waals surface area (Å²) in [5.41, 5.74) is 0.427. The van der Waals surface area contributed by atoms with Gasteiger partial charge in [0.15, 0.2) is 5.69 Å². The number of piperazine rings is 1. The van der Waals surface area contributed by atoms with E-state index in [1.807, 2.05) is 0 Å². The summed E-state index contributed by atoms with van der Waals surface area (Å²) >= 11 is 0. The van der Waals surface area contributed by atoms with Crippen molar-refractivity contribution in [3.05, 3.63) is 28.4 Å². The van der Waals surface area contributed by atoms with Gasteiger partial charge >= 0.3 is 0 Å². The number of hydrogen-bond acceptors (Lipinski definition) is 5. The molecule has 1 N–H and O–H groups in total. The summed E-state index contributed by atoms with van der Waals surface area (Å²) in [5.74, 6) is 0.509. The molecule has 160 valence electrons. The second kappa shape index (κ2) is 6.39. The van der Waals surface area contributed by atoms with Crippen molar-refractivity contribution < 1.29 is 9.59 Å². The van der Waals surface area contributed by atoms with Crippen molar-refractivity contribution in [1.29, 1.82) is 0 Å². The predicted octanol–water partition coefficient (Wildman–Crippen LogP) is 0.709. The molecule has 6 rings (SSSR count). The zero-order valence-electron chi connectivity index (χ0n) is 17.3. The topological polar surface area (TPSA) is 89.6 Å². The van der Waals surface area contributed by atoms with Crippen molar-refractivity contribution in [2.75, 3.05) is 39.3 Å². The van der Waals surface area contributed by atoms with E-state index in [4.69, 9.17) is 0 Å². The molecule has 0 aromatic carbocycles. The minimum absolute atomic E-state index is 0.0280. The third-order valence-electron chi connectivity index (χ3n) is 8.64. The fourth-order valence-electron chi connectivity index (χ4n) is 6.63. The van der Waals surface area contributed by atoms with Crippen LogP contribution < -0.4 is 5.56 Å². The summed E-state index contributed by atoms with van der Waals surface area (Å²) in [6, 6.07) is 0.480. The van der Waals surface area contributed by atoms with E-state index in [0.717, 1.165) is 39.0 Å². The number of nitrogens with zero attached hydrogens (tertiary/aromatic N) is 4. The van der Waals surface area contributed by atoms with Gasteiger partial charge in [-0.15, -0.1) is 0 Å². The third kappa shape index (κ3) is 2.62. The summed E-state index contributed by atoms with van der Waals surface area (Å²) in [6.45, 7) is 4.58. The Hall–Kier alpha value is -2.22. The standard InChI is InChI=1S/C22H29N5O3/c28-18-16(23-7-8-24-18)19(29)27-13-11-25(12-14-27)15-1-9-26(10-2-15)20(30)17-21(3-4-21)22(17)5-6-22/h7-8,15,17H,1-6,9-14H2,(H,24,28). The average molecular weight is 412 g/mol. The predicted molar refractivity (Wildman–Crippen MR) is 109 cm³/mol. The van der Waals surface area contributed by atoms with Gasteiger partial charge in [0.2, 0.25) is 5.91 Å². The first-order valence-corrected chi connectivity index (χ1v) is 11.4. The normalized spacial score (nSPS) is 27.5. The molecule has 2 spiro atoms.